The van der Waals surface area contributed by atoms with E-state index in [0.717, 1.165) is 19.5 Å². The van der Waals surface area contributed by atoms with Crippen molar-refractivity contribution in [3.63, 3.8) is 0 Å². The molecule has 13 heavy (non-hydrogen) atoms. The number of carbonyl (C=O) groups excluding carboxylic acids is 1. The van der Waals surface area contributed by atoms with Gasteiger partial charge in [-0.25, -0.2) is 0 Å². The van der Waals surface area contributed by atoms with Crippen molar-refractivity contribution in [2.45, 2.75) is 25.3 Å². The second kappa shape index (κ2) is 2.96. The van der Waals surface area contributed by atoms with E-state index in [0.29, 0.717) is 5.41 Å². The molecule has 2 rings (SSSR count). The van der Waals surface area contributed by atoms with Crippen molar-refractivity contribution >= 4 is 5.91 Å². The Balaban J connectivity index is 1.91. The molecular weight excluding hydrogens is 168 g/mol. The van der Waals surface area contributed by atoms with Crippen LogP contribution < -0.4 is 5.73 Å². The van der Waals surface area contributed by atoms with Gasteiger partial charge in [0, 0.05) is 13.1 Å². The summed E-state index contributed by atoms with van der Waals surface area (Å²) in [7, 11) is 0. The molecule has 0 bridgehead atoms. The summed E-state index contributed by atoms with van der Waals surface area (Å²) in [5.41, 5.74) is 5.91. The number of amides is 1. The van der Waals surface area contributed by atoms with Gasteiger partial charge >= 0.3 is 0 Å². The maximum atomic E-state index is 11.5. The number of carbonyl (C=O) groups is 1. The lowest BCUT2D eigenvalue weighted by molar-refractivity contribution is -0.132. The predicted octanol–water partition coefficient (Wildman–Crippen LogP) is -0.682. The molecule has 2 aliphatic rings. The molecule has 1 spiro atoms. The van der Waals surface area contributed by atoms with Gasteiger partial charge in [-0.3, -0.25) is 4.79 Å². The van der Waals surface area contributed by atoms with Crippen LogP contribution in [0.15, 0.2) is 0 Å². The maximum absolute atomic E-state index is 11.5. The van der Waals surface area contributed by atoms with Gasteiger partial charge in [-0.2, -0.15) is 0 Å². The Morgan fingerprint density at radius 2 is 2.23 bits per heavy atom. The molecule has 2 fully saturated rings. The molecule has 1 aliphatic heterocycles. The SMILES string of the molecule is N[C@H](CO)C(=O)N1CCC2(CC2)C1. The van der Waals surface area contributed by atoms with Gasteiger partial charge in [-0.05, 0) is 24.7 Å². The summed E-state index contributed by atoms with van der Waals surface area (Å²) in [5.74, 6) is -0.0914. The van der Waals surface area contributed by atoms with Gasteiger partial charge < -0.3 is 15.7 Å². The van der Waals surface area contributed by atoms with Gasteiger partial charge in [-0.1, -0.05) is 0 Å². The first-order valence-corrected chi connectivity index (χ1v) is 4.82. The minimum Gasteiger partial charge on any atom is -0.394 e. The molecule has 1 amide bonds. The average molecular weight is 184 g/mol. The molecule has 1 heterocycles. The molecule has 4 nitrogen and oxygen atoms in total. The Bertz CT molecular complexity index is 226. The Morgan fingerprint density at radius 3 is 2.69 bits per heavy atom. The molecule has 0 aromatic heterocycles. The first kappa shape index (κ1) is 8.97. The lowest BCUT2D eigenvalue weighted by atomic mass is 10.1. The van der Waals surface area contributed by atoms with Gasteiger partial charge in [-0.15, -0.1) is 0 Å². The number of nitrogens with two attached hydrogens (primary N) is 1. The normalized spacial score (nSPS) is 26.5. The largest absolute Gasteiger partial charge is 0.394 e. The van der Waals surface area contributed by atoms with Crippen LogP contribution in [0.25, 0.3) is 0 Å². The van der Waals surface area contributed by atoms with Crippen molar-refractivity contribution in [3.8, 4) is 0 Å². The third kappa shape index (κ3) is 1.56. The van der Waals surface area contributed by atoms with Crippen LogP contribution >= 0.6 is 0 Å². The predicted molar refractivity (Wildman–Crippen MR) is 47.9 cm³/mol. The van der Waals surface area contributed by atoms with Gasteiger partial charge in [0.25, 0.3) is 0 Å². The Morgan fingerprint density at radius 1 is 1.54 bits per heavy atom. The standard InChI is InChI=1S/C9H16N2O2/c10-7(5-12)8(13)11-4-3-9(6-11)1-2-9/h7,12H,1-6,10H2/t7-/m1/s1. The monoisotopic (exact) mass is 184 g/mol. The van der Waals surface area contributed by atoms with Crippen LogP contribution in [0.1, 0.15) is 19.3 Å². The summed E-state index contributed by atoms with van der Waals surface area (Å²) in [5, 5.41) is 8.74. The van der Waals surface area contributed by atoms with E-state index in [4.69, 9.17) is 10.8 Å². The highest BCUT2D eigenvalue weighted by molar-refractivity contribution is 5.82. The zero-order valence-corrected chi connectivity index (χ0v) is 7.70. The Hall–Kier alpha value is -0.610. The van der Waals surface area contributed by atoms with Crippen LogP contribution in [0.4, 0.5) is 0 Å². The summed E-state index contributed by atoms with van der Waals surface area (Å²) in [6.45, 7) is 1.44. The molecule has 1 atom stereocenters. The van der Waals surface area contributed by atoms with Crippen LogP contribution in [0, 0.1) is 5.41 Å². The molecule has 1 saturated heterocycles. The number of rotatable bonds is 2. The van der Waals surface area contributed by atoms with E-state index in [1.54, 1.807) is 4.90 Å². The third-order valence-electron chi connectivity index (χ3n) is 3.22. The van der Waals surface area contributed by atoms with Gasteiger partial charge in [0.05, 0.1) is 6.61 Å². The van der Waals surface area contributed by atoms with E-state index in [-0.39, 0.29) is 12.5 Å². The van der Waals surface area contributed by atoms with E-state index >= 15 is 0 Å². The van der Waals surface area contributed by atoms with Crippen molar-refractivity contribution in [3.05, 3.63) is 0 Å². The van der Waals surface area contributed by atoms with Crippen LogP contribution in [0.3, 0.4) is 0 Å². The van der Waals surface area contributed by atoms with Crippen molar-refractivity contribution in [1.82, 2.24) is 4.90 Å². The van der Waals surface area contributed by atoms with Crippen molar-refractivity contribution in [1.29, 1.82) is 0 Å². The molecular formula is C9H16N2O2. The number of nitrogens with zero attached hydrogens (tertiary/aromatic N) is 1. The Labute approximate surface area is 77.7 Å². The first-order valence-electron chi connectivity index (χ1n) is 4.82. The maximum Gasteiger partial charge on any atom is 0.241 e. The number of aliphatic hydroxyl groups excluding tert-OH is 1. The van der Waals surface area contributed by atoms with E-state index in [1.165, 1.54) is 12.8 Å². The minimum absolute atomic E-state index is 0.0914. The highest BCUT2D eigenvalue weighted by Gasteiger charge is 2.49. The fourth-order valence-electron chi connectivity index (χ4n) is 2.02. The molecule has 0 unspecified atom stereocenters. The summed E-state index contributed by atoms with van der Waals surface area (Å²) in [6.07, 6.45) is 3.63. The molecule has 3 N–H and O–H groups in total. The van der Waals surface area contributed by atoms with Gasteiger partial charge in [0.1, 0.15) is 6.04 Å². The van der Waals surface area contributed by atoms with Gasteiger partial charge in [0.15, 0.2) is 0 Å². The molecule has 1 aliphatic carbocycles. The fraction of sp³-hybridized carbons (Fsp3) is 0.889. The quantitative estimate of drug-likeness (QED) is 0.597. The van der Waals surface area contributed by atoms with Crippen molar-refractivity contribution in [2.24, 2.45) is 11.1 Å². The zero-order chi connectivity index (χ0) is 9.47. The van der Waals surface area contributed by atoms with E-state index in [2.05, 4.69) is 0 Å². The van der Waals surface area contributed by atoms with Gasteiger partial charge in [0.2, 0.25) is 5.91 Å². The van der Waals surface area contributed by atoms with Crippen LogP contribution in [0.5, 0.6) is 0 Å². The number of aliphatic hydroxyl groups is 1. The van der Waals surface area contributed by atoms with Crippen molar-refractivity contribution < 1.29 is 9.90 Å². The fourth-order valence-corrected chi connectivity index (χ4v) is 2.02. The molecule has 0 radical (unpaired) electrons. The third-order valence-corrected chi connectivity index (χ3v) is 3.22. The lowest BCUT2D eigenvalue weighted by Crippen LogP contribution is -2.44. The number of hydrogen-bond donors (Lipinski definition) is 2. The molecule has 74 valence electrons. The second-order valence-corrected chi connectivity index (χ2v) is 4.30. The number of hydrogen-bond acceptors (Lipinski definition) is 3. The molecule has 0 aromatic carbocycles. The van der Waals surface area contributed by atoms with E-state index < -0.39 is 6.04 Å². The Kier molecular flexibility index (Phi) is 2.04. The second-order valence-electron chi connectivity index (χ2n) is 4.30. The first-order chi connectivity index (χ1) is 6.17. The molecule has 4 heteroatoms. The lowest BCUT2D eigenvalue weighted by Gasteiger charge is -2.19. The van der Waals surface area contributed by atoms with E-state index in [1.807, 2.05) is 0 Å². The van der Waals surface area contributed by atoms with Crippen molar-refractivity contribution in [2.75, 3.05) is 19.7 Å². The zero-order valence-electron chi connectivity index (χ0n) is 7.70. The topological polar surface area (TPSA) is 66.6 Å². The highest BCUT2D eigenvalue weighted by Crippen LogP contribution is 2.52. The smallest absolute Gasteiger partial charge is 0.241 e. The molecule has 1 saturated carbocycles. The van der Waals surface area contributed by atoms with Crippen LogP contribution in [0.2, 0.25) is 0 Å². The van der Waals surface area contributed by atoms with Crippen LogP contribution in [-0.2, 0) is 4.79 Å². The summed E-state index contributed by atoms with van der Waals surface area (Å²) < 4.78 is 0. The summed E-state index contributed by atoms with van der Waals surface area (Å²) >= 11 is 0. The summed E-state index contributed by atoms with van der Waals surface area (Å²) in [6, 6.07) is -0.714. The molecule has 0 aromatic rings. The summed E-state index contributed by atoms with van der Waals surface area (Å²) in [4.78, 5) is 13.3. The average Bonchev–Trinajstić information content (AvgIpc) is 2.74. The van der Waals surface area contributed by atoms with Crippen LogP contribution in [-0.4, -0.2) is 41.7 Å². The highest BCUT2D eigenvalue weighted by atomic mass is 16.3. The van der Waals surface area contributed by atoms with E-state index in [9.17, 15) is 4.79 Å². The minimum atomic E-state index is -0.714. The number of likely N-dealkylation sites (tertiary alicyclic amines) is 1.